The molecular weight excluding hydrogens is 334 g/mol. The molecule has 7 nitrogen and oxygen atoms in total. The van der Waals surface area contributed by atoms with Crippen LogP contribution in [0.2, 0.25) is 0 Å². The summed E-state index contributed by atoms with van der Waals surface area (Å²) >= 11 is 0. The molecule has 2 heterocycles. The van der Waals surface area contributed by atoms with E-state index in [1.54, 1.807) is 24.4 Å². The molecule has 7 heteroatoms. The molecular formula is C19H21N3O4. The van der Waals surface area contributed by atoms with E-state index in [1.165, 1.54) is 7.11 Å². The van der Waals surface area contributed by atoms with Gasteiger partial charge in [0.15, 0.2) is 0 Å². The van der Waals surface area contributed by atoms with E-state index < -0.39 is 5.91 Å². The number of carbonyl (C=O) groups excluding carboxylic acids is 2. The van der Waals surface area contributed by atoms with E-state index in [9.17, 15) is 9.59 Å². The lowest BCUT2D eigenvalue weighted by molar-refractivity contribution is -0.132. The molecule has 1 saturated heterocycles. The number of ether oxygens (including phenoxy) is 2. The van der Waals surface area contributed by atoms with Gasteiger partial charge in [-0.25, -0.2) is 4.98 Å². The van der Waals surface area contributed by atoms with Crippen molar-refractivity contribution < 1.29 is 19.1 Å². The molecule has 0 unspecified atom stereocenters. The van der Waals surface area contributed by atoms with Crippen molar-refractivity contribution in [3.63, 3.8) is 0 Å². The van der Waals surface area contributed by atoms with Gasteiger partial charge in [-0.2, -0.15) is 0 Å². The van der Waals surface area contributed by atoms with Crippen molar-refractivity contribution in [1.29, 1.82) is 0 Å². The third-order valence-corrected chi connectivity index (χ3v) is 5.83. The van der Waals surface area contributed by atoms with E-state index in [1.807, 2.05) is 6.92 Å². The average molecular weight is 355 g/mol. The maximum Gasteiger partial charge on any atom is 0.252 e. The highest BCUT2D eigenvalue weighted by molar-refractivity contribution is 6.01. The number of fused-ring (bicyclic) bond motifs is 2. The minimum Gasteiger partial charge on any atom is -0.496 e. The minimum atomic E-state index is -0.555. The summed E-state index contributed by atoms with van der Waals surface area (Å²) in [6, 6.07) is 5.16. The summed E-state index contributed by atoms with van der Waals surface area (Å²) < 4.78 is 11.2. The summed E-state index contributed by atoms with van der Waals surface area (Å²) in [5.41, 5.74) is 5.48. The fraction of sp³-hybridized carbons (Fsp3) is 0.421. The lowest BCUT2D eigenvalue weighted by Gasteiger charge is -2.40. The molecule has 1 aromatic heterocycles. The molecule has 26 heavy (non-hydrogen) atoms. The van der Waals surface area contributed by atoms with Crippen LogP contribution in [0.1, 0.15) is 30.1 Å². The van der Waals surface area contributed by atoms with Crippen LogP contribution in [0, 0.1) is 11.3 Å². The van der Waals surface area contributed by atoms with E-state index in [0.717, 1.165) is 23.6 Å². The predicted octanol–water partition coefficient (Wildman–Crippen LogP) is 1.64. The highest BCUT2D eigenvalue weighted by atomic mass is 16.5. The van der Waals surface area contributed by atoms with E-state index in [4.69, 9.17) is 15.2 Å². The Morgan fingerprint density at radius 1 is 1.46 bits per heavy atom. The van der Waals surface area contributed by atoms with Crippen LogP contribution < -0.4 is 20.5 Å². The number of hydrogen-bond donors (Lipinski definition) is 2. The van der Waals surface area contributed by atoms with Gasteiger partial charge in [0.25, 0.3) is 5.91 Å². The molecule has 0 spiro atoms. The molecule has 2 aromatic rings. The van der Waals surface area contributed by atoms with Crippen molar-refractivity contribution >= 4 is 22.6 Å². The van der Waals surface area contributed by atoms with E-state index in [0.29, 0.717) is 29.7 Å². The molecule has 3 N–H and O–H groups in total. The standard InChI is InChI=1S/C19H21N3O4/c1-19-5-3-13(19)14(22-18(19)24)9-26-17-11-8-15(25-2)12(16(20)23)7-10(11)4-6-21-17/h4,6-8,13-14H,3,5,9H2,1-2H3,(H2,20,23)(H,22,24)/t13-,14-,19-/m1/s1. The van der Waals surface area contributed by atoms with Crippen molar-refractivity contribution in [2.45, 2.75) is 25.8 Å². The number of carbonyl (C=O) groups is 2. The van der Waals surface area contributed by atoms with Gasteiger partial charge >= 0.3 is 0 Å². The number of nitrogens with two attached hydrogens (primary N) is 1. The summed E-state index contributed by atoms with van der Waals surface area (Å²) in [6.45, 7) is 2.38. The molecule has 2 aliphatic rings. The number of rotatable bonds is 5. The molecule has 0 bridgehead atoms. The second-order valence-corrected chi connectivity index (χ2v) is 7.21. The monoisotopic (exact) mass is 355 g/mol. The van der Waals surface area contributed by atoms with Crippen LogP contribution in [-0.2, 0) is 4.79 Å². The third-order valence-electron chi connectivity index (χ3n) is 5.83. The number of pyridine rings is 1. The van der Waals surface area contributed by atoms with Crippen molar-refractivity contribution in [3.05, 3.63) is 30.0 Å². The minimum absolute atomic E-state index is 0.00917. The number of nitrogens with zero attached hydrogens (tertiary/aromatic N) is 1. The molecule has 3 atom stereocenters. The van der Waals surface area contributed by atoms with Gasteiger partial charge in [0.05, 0.1) is 24.1 Å². The van der Waals surface area contributed by atoms with Crippen molar-refractivity contribution in [3.8, 4) is 11.6 Å². The zero-order valence-electron chi connectivity index (χ0n) is 14.7. The molecule has 2 fully saturated rings. The molecule has 136 valence electrons. The van der Waals surface area contributed by atoms with Crippen molar-refractivity contribution in [2.24, 2.45) is 17.1 Å². The molecule has 1 aromatic carbocycles. The molecule has 1 aliphatic heterocycles. The number of benzene rings is 1. The molecule has 2 amide bonds. The Labute approximate surface area is 150 Å². The quantitative estimate of drug-likeness (QED) is 0.848. The summed E-state index contributed by atoms with van der Waals surface area (Å²) in [5, 5.41) is 4.56. The Balaban J connectivity index is 1.61. The Morgan fingerprint density at radius 2 is 2.27 bits per heavy atom. The van der Waals surface area contributed by atoms with Gasteiger partial charge < -0.3 is 20.5 Å². The van der Waals surface area contributed by atoms with Gasteiger partial charge in [-0.1, -0.05) is 6.92 Å². The van der Waals surface area contributed by atoms with Gasteiger partial charge in [0.1, 0.15) is 12.4 Å². The fourth-order valence-electron chi connectivity index (χ4n) is 4.08. The summed E-state index contributed by atoms with van der Waals surface area (Å²) in [7, 11) is 1.48. The molecule has 0 radical (unpaired) electrons. The van der Waals surface area contributed by atoms with Crippen LogP contribution in [0.5, 0.6) is 11.6 Å². The second-order valence-electron chi connectivity index (χ2n) is 7.21. The van der Waals surface area contributed by atoms with Gasteiger partial charge in [-0.05, 0) is 42.3 Å². The van der Waals surface area contributed by atoms with Crippen LogP contribution in [0.4, 0.5) is 0 Å². The molecule has 1 saturated carbocycles. The van der Waals surface area contributed by atoms with E-state index in [2.05, 4.69) is 10.3 Å². The SMILES string of the molecule is COc1cc2c(OC[C@H]3NC(=O)[C@]4(C)CC[C@H]34)nccc2cc1C(N)=O. The Morgan fingerprint density at radius 3 is 2.88 bits per heavy atom. The average Bonchev–Trinajstić information content (AvgIpc) is 2.78. The number of hydrogen-bond acceptors (Lipinski definition) is 5. The zero-order chi connectivity index (χ0) is 18.5. The van der Waals surface area contributed by atoms with Crippen LogP contribution in [0.15, 0.2) is 24.4 Å². The van der Waals surface area contributed by atoms with Crippen LogP contribution in [0.25, 0.3) is 10.8 Å². The highest BCUT2D eigenvalue weighted by Crippen LogP contribution is 2.52. The van der Waals surface area contributed by atoms with Crippen molar-refractivity contribution in [1.82, 2.24) is 10.3 Å². The Kier molecular flexibility index (Phi) is 3.75. The maximum atomic E-state index is 12.1. The lowest BCUT2D eigenvalue weighted by atomic mass is 9.61. The third kappa shape index (κ3) is 2.38. The summed E-state index contributed by atoms with van der Waals surface area (Å²) in [5.74, 6) is 0.686. The van der Waals surface area contributed by atoms with E-state index >= 15 is 0 Å². The van der Waals surface area contributed by atoms with Crippen molar-refractivity contribution in [2.75, 3.05) is 13.7 Å². The van der Waals surface area contributed by atoms with Crippen LogP contribution in [0.3, 0.4) is 0 Å². The molecule has 4 rings (SSSR count). The zero-order valence-corrected chi connectivity index (χ0v) is 14.7. The van der Waals surface area contributed by atoms with Gasteiger partial charge in [0, 0.05) is 11.6 Å². The van der Waals surface area contributed by atoms with Gasteiger partial charge in [-0.15, -0.1) is 0 Å². The van der Waals surface area contributed by atoms with Gasteiger partial charge in [-0.3, -0.25) is 9.59 Å². The highest BCUT2D eigenvalue weighted by Gasteiger charge is 2.57. The first-order valence-electron chi connectivity index (χ1n) is 8.64. The summed E-state index contributed by atoms with van der Waals surface area (Å²) in [4.78, 5) is 28.0. The maximum absolute atomic E-state index is 12.1. The predicted molar refractivity (Wildman–Crippen MR) is 95.1 cm³/mol. The Hall–Kier alpha value is -2.83. The first-order chi connectivity index (χ1) is 12.4. The number of primary amides is 1. The van der Waals surface area contributed by atoms with E-state index in [-0.39, 0.29) is 17.4 Å². The fourth-order valence-corrected chi connectivity index (χ4v) is 4.08. The number of aromatic nitrogens is 1. The van der Waals surface area contributed by atoms with Crippen LogP contribution in [-0.4, -0.2) is 36.6 Å². The lowest BCUT2D eigenvalue weighted by Crippen LogP contribution is -2.42. The van der Waals surface area contributed by atoms with Gasteiger partial charge in [0.2, 0.25) is 11.8 Å². The number of amides is 2. The normalized spacial score (nSPS) is 26.8. The first kappa shape index (κ1) is 16.6. The number of methoxy groups -OCH3 is 1. The smallest absolute Gasteiger partial charge is 0.252 e. The molecule has 1 aliphatic carbocycles. The van der Waals surface area contributed by atoms with Crippen LogP contribution >= 0.6 is 0 Å². The number of nitrogens with one attached hydrogen (secondary N) is 1. The second kappa shape index (κ2) is 5.86. The summed E-state index contributed by atoms with van der Waals surface area (Å²) in [6.07, 6.45) is 3.58. The topological polar surface area (TPSA) is 104 Å². The first-order valence-corrected chi connectivity index (χ1v) is 8.64. The largest absolute Gasteiger partial charge is 0.496 e. The Bertz CT molecular complexity index is 913.